The first kappa shape index (κ1) is 13.2. The standard InChI is InChI=1S/C11H20N2O3/c1-9(2)12-6-10-11(16-8-13-10)7-15-5-4-14-3/h8-9,12H,4-7H2,1-3H3. The summed E-state index contributed by atoms with van der Waals surface area (Å²) in [5, 5.41) is 3.29. The van der Waals surface area contributed by atoms with Gasteiger partial charge in [0.25, 0.3) is 0 Å². The van der Waals surface area contributed by atoms with Crippen molar-refractivity contribution in [1.29, 1.82) is 0 Å². The van der Waals surface area contributed by atoms with Crippen LogP contribution in [0.15, 0.2) is 10.8 Å². The zero-order valence-electron chi connectivity index (χ0n) is 10.2. The smallest absolute Gasteiger partial charge is 0.181 e. The lowest BCUT2D eigenvalue weighted by molar-refractivity contribution is 0.0533. The number of oxazole rings is 1. The van der Waals surface area contributed by atoms with Crippen LogP contribution in [-0.4, -0.2) is 31.3 Å². The third-order valence-corrected chi connectivity index (χ3v) is 2.07. The highest BCUT2D eigenvalue weighted by atomic mass is 16.5. The van der Waals surface area contributed by atoms with Gasteiger partial charge in [0, 0.05) is 19.7 Å². The number of rotatable bonds is 8. The highest BCUT2D eigenvalue weighted by molar-refractivity contribution is 5.05. The van der Waals surface area contributed by atoms with Crippen LogP contribution in [0, 0.1) is 0 Å². The second kappa shape index (κ2) is 7.38. The number of hydrogen-bond acceptors (Lipinski definition) is 5. The molecule has 1 N–H and O–H groups in total. The van der Waals surface area contributed by atoms with Crippen molar-refractivity contribution in [2.75, 3.05) is 20.3 Å². The first-order valence-electron chi connectivity index (χ1n) is 5.45. The molecular formula is C11H20N2O3. The van der Waals surface area contributed by atoms with Crippen molar-refractivity contribution in [2.24, 2.45) is 0 Å². The third-order valence-electron chi connectivity index (χ3n) is 2.07. The molecule has 0 aliphatic heterocycles. The van der Waals surface area contributed by atoms with E-state index in [2.05, 4.69) is 24.1 Å². The zero-order chi connectivity index (χ0) is 11.8. The van der Waals surface area contributed by atoms with Gasteiger partial charge in [-0.3, -0.25) is 0 Å². The fourth-order valence-electron chi connectivity index (χ4n) is 1.16. The summed E-state index contributed by atoms with van der Waals surface area (Å²) >= 11 is 0. The van der Waals surface area contributed by atoms with Crippen molar-refractivity contribution in [2.45, 2.75) is 33.0 Å². The predicted octanol–water partition coefficient (Wildman–Crippen LogP) is 1.34. The molecule has 0 bridgehead atoms. The highest BCUT2D eigenvalue weighted by Gasteiger charge is 2.08. The molecule has 0 amide bonds. The fraction of sp³-hybridized carbons (Fsp3) is 0.727. The minimum Gasteiger partial charge on any atom is -0.446 e. The molecule has 0 radical (unpaired) electrons. The summed E-state index contributed by atoms with van der Waals surface area (Å²) in [4.78, 5) is 4.15. The summed E-state index contributed by atoms with van der Waals surface area (Å²) in [6.07, 6.45) is 1.45. The van der Waals surface area contributed by atoms with E-state index in [1.54, 1.807) is 7.11 Å². The van der Waals surface area contributed by atoms with E-state index in [0.717, 1.165) is 11.5 Å². The number of nitrogens with zero attached hydrogens (tertiary/aromatic N) is 1. The average Bonchev–Trinajstić information content (AvgIpc) is 2.69. The average molecular weight is 228 g/mol. The van der Waals surface area contributed by atoms with Gasteiger partial charge in [-0.1, -0.05) is 13.8 Å². The van der Waals surface area contributed by atoms with Crippen molar-refractivity contribution in [3.8, 4) is 0 Å². The number of methoxy groups -OCH3 is 1. The summed E-state index contributed by atoms with van der Waals surface area (Å²) in [7, 11) is 1.65. The maximum Gasteiger partial charge on any atom is 0.181 e. The molecule has 0 fully saturated rings. The van der Waals surface area contributed by atoms with Crippen LogP contribution in [0.1, 0.15) is 25.3 Å². The third kappa shape index (κ3) is 4.74. The Balaban J connectivity index is 2.32. The van der Waals surface area contributed by atoms with Gasteiger partial charge in [-0.05, 0) is 0 Å². The molecule has 1 heterocycles. The molecule has 5 heteroatoms. The van der Waals surface area contributed by atoms with Gasteiger partial charge in [0.2, 0.25) is 0 Å². The highest BCUT2D eigenvalue weighted by Crippen LogP contribution is 2.08. The fourth-order valence-corrected chi connectivity index (χ4v) is 1.16. The van der Waals surface area contributed by atoms with Crippen molar-refractivity contribution in [3.63, 3.8) is 0 Å². The Morgan fingerprint density at radius 3 is 2.94 bits per heavy atom. The van der Waals surface area contributed by atoms with Crippen molar-refractivity contribution >= 4 is 0 Å². The lowest BCUT2D eigenvalue weighted by atomic mass is 10.3. The largest absolute Gasteiger partial charge is 0.446 e. The van der Waals surface area contributed by atoms with E-state index in [1.807, 2.05) is 0 Å². The molecule has 0 saturated carbocycles. The van der Waals surface area contributed by atoms with Gasteiger partial charge in [0.1, 0.15) is 6.61 Å². The van der Waals surface area contributed by atoms with Crippen LogP contribution in [0.3, 0.4) is 0 Å². The predicted molar refractivity (Wildman–Crippen MR) is 60.0 cm³/mol. The van der Waals surface area contributed by atoms with E-state index in [-0.39, 0.29) is 0 Å². The second-order valence-corrected chi connectivity index (χ2v) is 3.80. The van der Waals surface area contributed by atoms with Gasteiger partial charge < -0.3 is 19.2 Å². The van der Waals surface area contributed by atoms with Gasteiger partial charge in [-0.15, -0.1) is 0 Å². The molecule has 0 aliphatic carbocycles. The lowest BCUT2D eigenvalue weighted by Crippen LogP contribution is -2.22. The van der Waals surface area contributed by atoms with Crippen LogP contribution in [0.2, 0.25) is 0 Å². The minimum atomic E-state index is 0.430. The molecule has 0 atom stereocenters. The topological polar surface area (TPSA) is 56.5 Å². The van der Waals surface area contributed by atoms with Crippen LogP contribution >= 0.6 is 0 Å². The number of hydrogen-bond donors (Lipinski definition) is 1. The SMILES string of the molecule is COCCOCc1ocnc1CNC(C)C. The van der Waals surface area contributed by atoms with Gasteiger partial charge in [0.05, 0.1) is 18.9 Å². The maximum absolute atomic E-state index is 5.38. The zero-order valence-corrected chi connectivity index (χ0v) is 10.2. The molecule has 1 aromatic rings. The van der Waals surface area contributed by atoms with Crippen molar-refractivity contribution < 1.29 is 13.9 Å². The van der Waals surface area contributed by atoms with Crippen LogP contribution in [0.5, 0.6) is 0 Å². The molecule has 0 saturated heterocycles. The van der Waals surface area contributed by atoms with E-state index in [9.17, 15) is 0 Å². The molecule has 92 valence electrons. The van der Waals surface area contributed by atoms with E-state index in [0.29, 0.717) is 32.4 Å². The van der Waals surface area contributed by atoms with Crippen molar-refractivity contribution in [3.05, 3.63) is 17.8 Å². The summed E-state index contributed by atoms with van der Waals surface area (Å²) in [5.74, 6) is 0.782. The number of aromatic nitrogens is 1. The first-order valence-corrected chi connectivity index (χ1v) is 5.45. The second-order valence-electron chi connectivity index (χ2n) is 3.80. The normalized spacial score (nSPS) is 11.2. The van der Waals surface area contributed by atoms with Crippen molar-refractivity contribution in [1.82, 2.24) is 10.3 Å². The number of ether oxygens (including phenoxy) is 2. The molecule has 0 spiro atoms. The molecule has 0 aromatic carbocycles. The Hall–Kier alpha value is -0.910. The molecule has 0 aliphatic rings. The Labute approximate surface area is 96.1 Å². The van der Waals surface area contributed by atoms with Crippen LogP contribution in [0.4, 0.5) is 0 Å². The number of nitrogens with one attached hydrogen (secondary N) is 1. The van der Waals surface area contributed by atoms with E-state index < -0.39 is 0 Å². The molecule has 16 heavy (non-hydrogen) atoms. The maximum atomic E-state index is 5.38. The van der Waals surface area contributed by atoms with E-state index in [1.165, 1.54) is 6.39 Å². The van der Waals surface area contributed by atoms with Crippen LogP contribution < -0.4 is 5.32 Å². The summed E-state index contributed by atoms with van der Waals surface area (Å²) in [5.41, 5.74) is 0.908. The van der Waals surface area contributed by atoms with Gasteiger partial charge in [0.15, 0.2) is 12.2 Å². The molecule has 1 rings (SSSR count). The minimum absolute atomic E-state index is 0.430. The quantitative estimate of drug-likeness (QED) is 0.680. The Kier molecular flexibility index (Phi) is 6.07. The van der Waals surface area contributed by atoms with Gasteiger partial charge in [-0.25, -0.2) is 4.98 Å². The Bertz CT molecular complexity index is 287. The molecule has 5 nitrogen and oxygen atoms in total. The monoisotopic (exact) mass is 228 g/mol. The summed E-state index contributed by atoms with van der Waals surface area (Å²) in [6.45, 7) is 6.49. The van der Waals surface area contributed by atoms with E-state index in [4.69, 9.17) is 13.9 Å². The molecular weight excluding hydrogens is 208 g/mol. The van der Waals surface area contributed by atoms with Gasteiger partial charge >= 0.3 is 0 Å². The van der Waals surface area contributed by atoms with Crippen LogP contribution in [0.25, 0.3) is 0 Å². The van der Waals surface area contributed by atoms with E-state index >= 15 is 0 Å². The Morgan fingerprint density at radius 2 is 2.25 bits per heavy atom. The summed E-state index contributed by atoms with van der Waals surface area (Å²) < 4.78 is 15.5. The van der Waals surface area contributed by atoms with Crippen LogP contribution in [-0.2, 0) is 22.6 Å². The molecule has 1 aromatic heterocycles. The van der Waals surface area contributed by atoms with Gasteiger partial charge in [-0.2, -0.15) is 0 Å². The lowest BCUT2D eigenvalue weighted by Gasteiger charge is -2.07. The Morgan fingerprint density at radius 1 is 1.44 bits per heavy atom. The summed E-state index contributed by atoms with van der Waals surface area (Å²) in [6, 6.07) is 0.430. The first-order chi connectivity index (χ1) is 7.74. The molecule has 0 unspecified atom stereocenters.